The molecule has 2 N–H and O–H groups in total. The molecular weight excluding hydrogens is 358 g/mol. The van der Waals surface area contributed by atoms with Gasteiger partial charge >= 0.3 is 0 Å². The van der Waals surface area contributed by atoms with Crippen LogP contribution < -0.4 is 20.1 Å². The quantitative estimate of drug-likeness (QED) is 0.698. The Kier molecular flexibility index (Phi) is 7.53. The summed E-state index contributed by atoms with van der Waals surface area (Å²) in [5.41, 5.74) is 1.14. The minimum absolute atomic E-state index is 0.00116. The van der Waals surface area contributed by atoms with E-state index in [1.165, 1.54) is 24.2 Å². The number of ether oxygens (including phenoxy) is 3. The van der Waals surface area contributed by atoms with Gasteiger partial charge in [-0.2, -0.15) is 0 Å². The van der Waals surface area contributed by atoms with Crippen LogP contribution in [0.25, 0.3) is 0 Å². The molecule has 156 valence electrons. The summed E-state index contributed by atoms with van der Waals surface area (Å²) in [5.74, 6) is 1.77. The van der Waals surface area contributed by atoms with E-state index < -0.39 is 0 Å². The normalized spacial score (nSPS) is 24.8. The molecule has 1 aromatic rings. The van der Waals surface area contributed by atoms with Gasteiger partial charge in [0, 0.05) is 39.3 Å². The van der Waals surface area contributed by atoms with E-state index in [1.54, 1.807) is 21.2 Å². The lowest BCUT2D eigenvalue weighted by atomic mass is 9.94. The molecule has 28 heavy (non-hydrogen) atoms. The average molecular weight is 392 g/mol. The summed E-state index contributed by atoms with van der Waals surface area (Å²) in [6.45, 7) is 3.36. The van der Waals surface area contributed by atoms with Gasteiger partial charge in [0.1, 0.15) is 0 Å². The number of rotatable bonds is 8. The molecule has 7 nitrogen and oxygen atoms in total. The Morgan fingerprint density at radius 3 is 2.89 bits per heavy atom. The highest BCUT2D eigenvalue weighted by Crippen LogP contribution is 2.31. The third-order valence-electron chi connectivity index (χ3n) is 5.68. The maximum Gasteiger partial charge on any atom is 0.259 e. The molecule has 1 aromatic carbocycles. The van der Waals surface area contributed by atoms with E-state index in [2.05, 4.69) is 10.6 Å². The van der Waals surface area contributed by atoms with Crippen molar-refractivity contribution in [2.45, 2.75) is 37.9 Å². The highest BCUT2D eigenvalue weighted by atomic mass is 16.5. The minimum atomic E-state index is -0.0830. The number of hydrogen-bond donors (Lipinski definition) is 2. The van der Waals surface area contributed by atoms with Gasteiger partial charge in [-0.15, -0.1) is 0 Å². The molecule has 3 rings (SSSR count). The number of morpholine rings is 1. The molecule has 0 spiro atoms. The molecular formula is C21H33N3O4. The number of benzene rings is 1. The third-order valence-corrected chi connectivity index (χ3v) is 5.68. The van der Waals surface area contributed by atoms with E-state index in [0.29, 0.717) is 29.5 Å². The van der Waals surface area contributed by atoms with Crippen LogP contribution in [-0.2, 0) is 16.1 Å². The fourth-order valence-electron chi connectivity index (χ4n) is 4.04. The number of hydrogen-bond acceptors (Lipinski definition) is 6. The van der Waals surface area contributed by atoms with E-state index >= 15 is 0 Å². The summed E-state index contributed by atoms with van der Waals surface area (Å²) in [6, 6.07) is 6.83. The molecule has 2 fully saturated rings. The number of carbonyl (C=O) groups excluding carboxylic acids is 1. The first kappa shape index (κ1) is 20.9. The lowest BCUT2D eigenvalue weighted by Gasteiger charge is -2.33. The van der Waals surface area contributed by atoms with Crippen LogP contribution in [0.5, 0.6) is 11.5 Å². The van der Waals surface area contributed by atoms with Gasteiger partial charge in [-0.05, 0) is 36.5 Å². The molecule has 0 bridgehead atoms. The van der Waals surface area contributed by atoms with E-state index in [9.17, 15) is 4.79 Å². The molecule has 0 radical (unpaired) electrons. The van der Waals surface area contributed by atoms with Crippen LogP contribution in [0.2, 0.25) is 0 Å². The summed E-state index contributed by atoms with van der Waals surface area (Å²) in [6.07, 6.45) is 3.71. The Labute approximate surface area is 167 Å². The fourth-order valence-corrected chi connectivity index (χ4v) is 4.04. The number of nitrogens with one attached hydrogen (secondary N) is 2. The minimum Gasteiger partial charge on any atom is -0.493 e. The van der Waals surface area contributed by atoms with Crippen LogP contribution in [0.1, 0.15) is 24.8 Å². The average Bonchev–Trinajstić information content (AvgIpc) is 3.19. The van der Waals surface area contributed by atoms with Crippen molar-refractivity contribution >= 4 is 5.91 Å². The number of likely N-dealkylation sites (N-methyl/N-ethyl adjacent to an activating group) is 1. The largest absolute Gasteiger partial charge is 0.493 e. The lowest BCUT2D eigenvalue weighted by molar-refractivity contribution is -0.130. The topological polar surface area (TPSA) is 72.1 Å². The highest BCUT2D eigenvalue weighted by Gasteiger charge is 2.34. The van der Waals surface area contributed by atoms with Crippen molar-refractivity contribution in [3.63, 3.8) is 0 Å². The molecule has 3 unspecified atom stereocenters. The first-order valence-electron chi connectivity index (χ1n) is 10.1. The van der Waals surface area contributed by atoms with Crippen molar-refractivity contribution in [1.29, 1.82) is 0 Å². The monoisotopic (exact) mass is 391 g/mol. The molecule has 1 aliphatic heterocycles. The van der Waals surface area contributed by atoms with Gasteiger partial charge in [-0.3, -0.25) is 4.79 Å². The van der Waals surface area contributed by atoms with Gasteiger partial charge in [0.2, 0.25) is 0 Å². The molecule has 0 aromatic heterocycles. The Morgan fingerprint density at radius 2 is 2.18 bits per heavy atom. The van der Waals surface area contributed by atoms with Crippen molar-refractivity contribution in [2.75, 3.05) is 47.6 Å². The summed E-state index contributed by atoms with van der Waals surface area (Å²) >= 11 is 0. The van der Waals surface area contributed by atoms with Crippen molar-refractivity contribution in [3.05, 3.63) is 23.8 Å². The highest BCUT2D eigenvalue weighted by molar-refractivity contribution is 5.77. The van der Waals surface area contributed by atoms with Gasteiger partial charge in [-0.25, -0.2) is 0 Å². The van der Waals surface area contributed by atoms with E-state index in [4.69, 9.17) is 14.2 Å². The number of methoxy groups -OCH3 is 1. The lowest BCUT2D eigenvalue weighted by Crippen LogP contribution is -2.50. The second kappa shape index (κ2) is 10.1. The maximum atomic E-state index is 11.7. The van der Waals surface area contributed by atoms with Crippen LogP contribution in [0.3, 0.4) is 0 Å². The van der Waals surface area contributed by atoms with Crippen LogP contribution in [0.4, 0.5) is 0 Å². The molecule has 1 saturated heterocycles. The summed E-state index contributed by atoms with van der Waals surface area (Å²) in [4.78, 5) is 13.2. The molecule has 7 heteroatoms. The first-order valence-corrected chi connectivity index (χ1v) is 10.1. The first-order chi connectivity index (χ1) is 13.6. The van der Waals surface area contributed by atoms with Gasteiger partial charge in [0.15, 0.2) is 18.1 Å². The second-order valence-corrected chi connectivity index (χ2v) is 7.78. The Balaban J connectivity index is 1.55. The SMILES string of the molecule is COc1cc(CNC2CCCC2C2COCCN2)ccc1OCC(=O)N(C)C. The van der Waals surface area contributed by atoms with Crippen molar-refractivity contribution < 1.29 is 19.0 Å². The van der Waals surface area contributed by atoms with Crippen LogP contribution in [0, 0.1) is 5.92 Å². The fraction of sp³-hybridized carbons (Fsp3) is 0.667. The van der Waals surface area contributed by atoms with Crippen molar-refractivity contribution in [3.8, 4) is 11.5 Å². The van der Waals surface area contributed by atoms with Gasteiger partial charge < -0.3 is 29.7 Å². The summed E-state index contributed by atoms with van der Waals surface area (Å²) in [5, 5.41) is 7.34. The molecule has 1 heterocycles. The predicted molar refractivity (Wildman–Crippen MR) is 108 cm³/mol. The predicted octanol–water partition coefficient (Wildman–Crippen LogP) is 1.41. The van der Waals surface area contributed by atoms with Crippen LogP contribution >= 0.6 is 0 Å². The van der Waals surface area contributed by atoms with Crippen LogP contribution in [0.15, 0.2) is 18.2 Å². The van der Waals surface area contributed by atoms with Gasteiger partial charge in [-0.1, -0.05) is 12.5 Å². The summed E-state index contributed by atoms with van der Waals surface area (Å²) in [7, 11) is 5.04. The number of nitrogens with zero attached hydrogens (tertiary/aromatic N) is 1. The zero-order valence-electron chi connectivity index (χ0n) is 17.2. The van der Waals surface area contributed by atoms with Gasteiger partial charge in [0.25, 0.3) is 5.91 Å². The Hall–Kier alpha value is -1.83. The maximum absolute atomic E-state index is 11.7. The zero-order valence-corrected chi connectivity index (χ0v) is 17.2. The van der Waals surface area contributed by atoms with Gasteiger partial charge in [0.05, 0.1) is 20.3 Å². The van der Waals surface area contributed by atoms with Crippen molar-refractivity contribution in [2.24, 2.45) is 5.92 Å². The molecule has 3 atom stereocenters. The van der Waals surface area contributed by atoms with Crippen molar-refractivity contribution in [1.82, 2.24) is 15.5 Å². The Bertz CT molecular complexity index is 647. The van der Waals surface area contributed by atoms with E-state index in [1.807, 2.05) is 18.2 Å². The molecule has 1 saturated carbocycles. The smallest absolute Gasteiger partial charge is 0.259 e. The number of carbonyl (C=O) groups is 1. The third kappa shape index (κ3) is 5.37. The molecule has 1 amide bonds. The molecule has 1 aliphatic carbocycles. The van der Waals surface area contributed by atoms with E-state index in [-0.39, 0.29) is 12.5 Å². The van der Waals surface area contributed by atoms with E-state index in [0.717, 1.165) is 31.9 Å². The zero-order chi connectivity index (χ0) is 19.9. The van der Waals surface area contributed by atoms with Crippen LogP contribution in [-0.4, -0.2) is 70.5 Å². The standard InChI is InChI=1S/C21H33N3O4/c1-24(2)21(25)14-28-19-8-7-15(11-20(19)26-3)12-23-17-6-4-5-16(17)18-13-27-10-9-22-18/h7-8,11,16-18,22-23H,4-6,9-10,12-14H2,1-3H3. The summed E-state index contributed by atoms with van der Waals surface area (Å²) < 4.78 is 16.7. The Morgan fingerprint density at radius 1 is 1.32 bits per heavy atom. The number of amides is 1. The molecule has 2 aliphatic rings. The second-order valence-electron chi connectivity index (χ2n) is 7.78.